The van der Waals surface area contributed by atoms with Crippen LogP contribution in [0.15, 0.2) is 23.1 Å². The minimum atomic E-state index is 0.406. The molecule has 0 aliphatic rings. The fourth-order valence-electron chi connectivity index (χ4n) is 1.07. The summed E-state index contributed by atoms with van der Waals surface area (Å²) in [5.74, 6) is 1.05. The van der Waals surface area contributed by atoms with Crippen LogP contribution in [0.3, 0.4) is 0 Å². The van der Waals surface area contributed by atoms with Crippen LogP contribution in [0.2, 0.25) is 0 Å². The Bertz CT molecular complexity index is 465. The maximum Gasteiger partial charge on any atom is 0.173 e. The van der Waals surface area contributed by atoms with Gasteiger partial charge in [-0.2, -0.15) is 5.10 Å². The second-order valence-electron chi connectivity index (χ2n) is 2.80. The Labute approximate surface area is 89.1 Å². The molecule has 0 radical (unpaired) electrons. The summed E-state index contributed by atoms with van der Waals surface area (Å²) in [5, 5.41) is 4.22. The van der Waals surface area contributed by atoms with E-state index in [2.05, 4.69) is 31.0 Å². The van der Waals surface area contributed by atoms with Crippen molar-refractivity contribution < 1.29 is 0 Å². The molecule has 0 amide bonds. The number of hydrogen-bond donors (Lipinski definition) is 1. The standard InChI is InChI=1S/C8H8BrN5/c1-5-2-3-14(13-5)8-6(9)7(10)11-4-12-8/h2-4H,1H3,(H2,10,11,12). The van der Waals surface area contributed by atoms with Crippen LogP contribution in [-0.4, -0.2) is 19.7 Å². The number of nitrogens with zero attached hydrogens (tertiary/aromatic N) is 4. The number of aromatic nitrogens is 4. The molecule has 2 rings (SSSR count). The number of anilines is 1. The Morgan fingerprint density at radius 1 is 1.43 bits per heavy atom. The summed E-state index contributed by atoms with van der Waals surface area (Å²) in [6, 6.07) is 1.89. The van der Waals surface area contributed by atoms with Gasteiger partial charge in [-0.05, 0) is 28.9 Å². The van der Waals surface area contributed by atoms with Crippen molar-refractivity contribution in [3.8, 4) is 5.82 Å². The fourth-order valence-corrected chi connectivity index (χ4v) is 1.45. The lowest BCUT2D eigenvalue weighted by molar-refractivity contribution is 0.822. The molecule has 0 aliphatic heterocycles. The number of nitrogens with two attached hydrogens (primary N) is 1. The quantitative estimate of drug-likeness (QED) is 0.833. The lowest BCUT2D eigenvalue weighted by Crippen LogP contribution is -2.03. The van der Waals surface area contributed by atoms with E-state index in [1.807, 2.05) is 19.2 Å². The molecule has 0 spiro atoms. The first kappa shape index (κ1) is 9.14. The minimum Gasteiger partial charge on any atom is -0.383 e. The molecule has 14 heavy (non-hydrogen) atoms. The zero-order valence-electron chi connectivity index (χ0n) is 7.48. The van der Waals surface area contributed by atoms with Gasteiger partial charge in [0.1, 0.15) is 16.6 Å². The van der Waals surface area contributed by atoms with Crippen molar-refractivity contribution in [1.29, 1.82) is 0 Å². The van der Waals surface area contributed by atoms with E-state index >= 15 is 0 Å². The van der Waals surface area contributed by atoms with Gasteiger partial charge in [-0.15, -0.1) is 0 Å². The maximum atomic E-state index is 5.63. The van der Waals surface area contributed by atoms with Crippen molar-refractivity contribution in [3.05, 3.63) is 28.8 Å². The summed E-state index contributed by atoms with van der Waals surface area (Å²) in [6.07, 6.45) is 3.23. The van der Waals surface area contributed by atoms with Crippen LogP contribution in [0.5, 0.6) is 0 Å². The third-order valence-corrected chi connectivity index (χ3v) is 2.50. The number of aryl methyl sites for hydroxylation is 1. The molecule has 0 saturated heterocycles. The van der Waals surface area contributed by atoms with Gasteiger partial charge in [-0.25, -0.2) is 14.6 Å². The van der Waals surface area contributed by atoms with Crippen LogP contribution in [-0.2, 0) is 0 Å². The van der Waals surface area contributed by atoms with Crippen LogP contribution >= 0.6 is 15.9 Å². The SMILES string of the molecule is Cc1ccn(-c2ncnc(N)c2Br)n1. The second-order valence-corrected chi connectivity index (χ2v) is 3.59. The van der Waals surface area contributed by atoms with Gasteiger partial charge in [0.2, 0.25) is 0 Å². The number of rotatable bonds is 1. The maximum absolute atomic E-state index is 5.63. The number of nitrogen functional groups attached to an aromatic ring is 1. The molecule has 0 fully saturated rings. The van der Waals surface area contributed by atoms with Gasteiger partial charge in [0, 0.05) is 6.20 Å². The zero-order chi connectivity index (χ0) is 10.1. The normalized spacial score (nSPS) is 10.4. The van der Waals surface area contributed by atoms with E-state index in [-0.39, 0.29) is 0 Å². The van der Waals surface area contributed by atoms with Gasteiger partial charge < -0.3 is 5.73 Å². The lowest BCUT2D eigenvalue weighted by atomic mass is 10.5. The second kappa shape index (κ2) is 3.38. The molecule has 0 atom stereocenters. The smallest absolute Gasteiger partial charge is 0.173 e. The number of halogens is 1. The Kier molecular flexibility index (Phi) is 2.20. The monoisotopic (exact) mass is 253 g/mol. The van der Waals surface area contributed by atoms with E-state index in [1.54, 1.807) is 4.68 Å². The van der Waals surface area contributed by atoms with Gasteiger partial charge in [0.05, 0.1) is 5.69 Å². The number of hydrogen-bond acceptors (Lipinski definition) is 4. The Morgan fingerprint density at radius 3 is 2.86 bits per heavy atom. The van der Waals surface area contributed by atoms with Gasteiger partial charge in [-0.3, -0.25) is 0 Å². The highest BCUT2D eigenvalue weighted by Crippen LogP contribution is 2.22. The van der Waals surface area contributed by atoms with Crippen LogP contribution in [0.1, 0.15) is 5.69 Å². The van der Waals surface area contributed by atoms with E-state index < -0.39 is 0 Å². The largest absolute Gasteiger partial charge is 0.383 e. The molecule has 0 saturated carbocycles. The van der Waals surface area contributed by atoms with E-state index in [4.69, 9.17) is 5.73 Å². The van der Waals surface area contributed by atoms with Gasteiger partial charge in [0.15, 0.2) is 5.82 Å². The predicted molar refractivity (Wildman–Crippen MR) is 56.0 cm³/mol. The molecule has 2 aromatic heterocycles. The van der Waals surface area contributed by atoms with Crippen molar-refractivity contribution >= 4 is 21.7 Å². The molecule has 0 aromatic carbocycles. The third-order valence-electron chi connectivity index (χ3n) is 1.74. The Morgan fingerprint density at radius 2 is 2.21 bits per heavy atom. The molecule has 6 heteroatoms. The highest BCUT2D eigenvalue weighted by molar-refractivity contribution is 9.10. The zero-order valence-corrected chi connectivity index (χ0v) is 9.06. The highest BCUT2D eigenvalue weighted by Gasteiger charge is 2.08. The van der Waals surface area contributed by atoms with Crippen molar-refractivity contribution in [2.24, 2.45) is 0 Å². The molecular weight excluding hydrogens is 246 g/mol. The summed E-state index contributed by atoms with van der Waals surface area (Å²) in [4.78, 5) is 7.94. The van der Waals surface area contributed by atoms with Crippen LogP contribution < -0.4 is 5.73 Å². The van der Waals surface area contributed by atoms with E-state index in [9.17, 15) is 0 Å². The van der Waals surface area contributed by atoms with Gasteiger partial charge >= 0.3 is 0 Å². The third kappa shape index (κ3) is 1.48. The molecule has 0 unspecified atom stereocenters. The van der Waals surface area contributed by atoms with Crippen molar-refractivity contribution in [3.63, 3.8) is 0 Å². The summed E-state index contributed by atoms with van der Waals surface area (Å²) < 4.78 is 2.31. The molecule has 2 heterocycles. The van der Waals surface area contributed by atoms with Crippen LogP contribution in [0, 0.1) is 6.92 Å². The molecule has 0 bridgehead atoms. The van der Waals surface area contributed by atoms with E-state index in [0.717, 1.165) is 5.69 Å². The molecule has 2 N–H and O–H groups in total. The van der Waals surface area contributed by atoms with Crippen LogP contribution in [0.25, 0.3) is 5.82 Å². The average Bonchev–Trinajstić information content (AvgIpc) is 2.57. The lowest BCUT2D eigenvalue weighted by Gasteiger charge is -2.03. The van der Waals surface area contributed by atoms with Crippen molar-refractivity contribution in [2.45, 2.75) is 6.92 Å². The first-order valence-corrected chi connectivity index (χ1v) is 4.76. The van der Waals surface area contributed by atoms with Crippen LogP contribution in [0.4, 0.5) is 5.82 Å². The highest BCUT2D eigenvalue weighted by atomic mass is 79.9. The average molecular weight is 254 g/mol. The fraction of sp³-hybridized carbons (Fsp3) is 0.125. The van der Waals surface area contributed by atoms with Crippen molar-refractivity contribution in [1.82, 2.24) is 19.7 Å². The molecule has 2 aromatic rings. The summed E-state index contributed by atoms with van der Waals surface area (Å²) >= 11 is 3.32. The molecule has 5 nitrogen and oxygen atoms in total. The summed E-state index contributed by atoms with van der Waals surface area (Å²) in [6.45, 7) is 1.91. The summed E-state index contributed by atoms with van der Waals surface area (Å²) in [7, 11) is 0. The van der Waals surface area contributed by atoms with Gasteiger partial charge in [0.25, 0.3) is 0 Å². The van der Waals surface area contributed by atoms with Crippen molar-refractivity contribution in [2.75, 3.05) is 5.73 Å². The van der Waals surface area contributed by atoms with E-state index in [1.165, 1.54) is 6.33 Å². The Balaban J connectivity index is 2.57. The predicted octanol–water partition coefficient (Wildman–Crippen LogP) is 1.32. The van der Waals surface area contributed by atoms with E-state index in [0.29, 0.717) is 16.1 Å². The Hall–Kier alpha value is -1.43. The molecule has 0 aliphatic carbocycles. The first-order chi connectivity index (χ1) is 6.68. The minimum absolute atomic E-state index is 0.406. The topological polar surface area (TPSA) is 69.6 Å². The first-order valence-electron chi connectivity index (χ1n) is 3.97. The van der Waals surface area contributed by atoms with Gasteiger partial charge in [-0.1, -0.05) is 0 Å². The summed E-state index contributed by atoms with van der Waals surface area (Å²) in [5.41, 5.74) is 6.55. The molecule has 72 valence electrons. The molecular formula is C8H8BrN5.